The van der Waals surface area contributed by atoms with E-state index in [2.05, 4.69) is 17.2 Å². The molecule has 18 heavy (non-hydrogen) atoms. The normalized spacial score (nSPS) is 18.4. The van der Waals surface area contributed by atoms with Gasteiger partial charge in [0.25, 0.3) is 0 Å². The van der Waals surface area contributed by atoms with Crippen molar-refractivity contribution in [2.24, 2.45) is 5.73 Å². The van der Waals surface area contributed by atoms with Crippen LogP contribution in [0.15, 0.2) is 0 Å². The molecule has 0 aromatic carbocycles. The van der Waals surface area contributed by atoms with Crippen molar-refractivity contribution in [1.29, 1.82) is 5.41 Å². The van der Waals surface area contributed by atoms with Crippen LogP contribution in [-0.2, 0) is 6.42 Å². The third kappa shape index (κ3) is 3.22. The lowest BCUT2D eigenvalue weighted by molar-refractivity contribution is 0.488. The van der Waals surface area contributed by atoms with Crippen molar-refractivity contribution in [3.05, 3.63) is 10.6 Å². The third-order valence-corrected chi connectivity index (χ3v) is 4.51. The molecule has 1 aliphatic rings. The van der Waals surface area contributed by atoms with Crippen LogP contribution < -0.4 is 11.1 Å². The highest BCUT2D eigenvalue weighted by molar-refractivity contribution is 7.15. The molecule has 100 valence electrons. The predicted octanol–water partition coefficient (Wildman–Crippen LogP) is 3.45. The van der Waals surface area contributed by atoms with Crippen molar-refractivity contribution in [1.82, 2.24) is 4.98 Å². The topological polar surface area (TPSA) is 74.8 Å². The molecule has 1 atom stereocenters. The molecule has 1 aromatic heterocycles. The molecular weight excluding hydrogens is 244 g/mol. The van der Waals surface area contributed by atoms with E-state index >= 15 is 0 Å². The van der Waals surface area contributed by atoms with Crippen LogP contribution in [0.5, 0.6) is 0 Å². The summed E-state index contributed by atoms with van der Waals surface area (Å²) in [5, 5.41) is 10.9. The first-order valence-corrected chi connectivity index (χ1v) is 7.63. The first-order chi connectivity index (χ1) is 8.70. The first kappa shape index (κ1) is 13.3. The van der Waals surface area contributed by atoms with Gasteiger partial charge in [0, 0.05) is 10.8 Å². The van der Waals surface area contributed by atoms with E-state index in [9.17, 15) is 0 Å². The Hall–Kier alpha value is -1.10. The van der Waals surface area contributed by atoms with Gasteiger partial charge in [-0.25, -0.2) is 4.98 Å². The van der Waals surface area contributed by atoms with Crippen molar-refractivity contribution >= 4 is 22.4 Å². The van der Waals surface area contributed by atoms with Gasteiger partial charge in [0.1, 0.15) is 0 Å². The maximum atomic E-state index is 7.26. The SMILES string of the molecule is CCCCCC1CCCc2sc(NC(=N)N)nc21. The second-order valence-corrected chi connectivity index (χ2v) is 6.03. The molecule has 1 heterocycles. The van der Waals surface area contributed by atoms with Crippen molar-refractivity contribution in [3.63, 3.8) is 0 Å². The standard InChI is InChI=1S/C13H22N4S/c1-2-3-4-6-9-7-5-8-10-11(9)16-13(18-10)17-12(14)15/h9H,2-8H2,1H3,(H4,14,15,16,17). The Morgan fingerprint density at radius 1 is 1.56 bits per heavy atom. The molecule has 0 radical (unpaired) electrons. The Morgan fingerprint density at radius 2 is 2.39 bits per heavy atom. The predicted molar refractivity (Wildman–Crippen MR) is 77.5 cm³/mol. The summed E-state index contributed by atoms with van der Waals surface area (Å²) in [6, 6.07) is 0. The van der Waals surface area contributed by atoms with Crippen LogP contribution >= 0.6 is 11.3 Å². The lowest BCUT2D eigenvalue weighted by atomic mass is 9.87. The number of rotatable bonds is 5. The van der Waals surface area contributed by atoms with Crippen molar-refractivity contribution < 1.29 is 0 Å². The Balaban J connectivity index is 2.05. The minimum Gasteiger partial charge on any atom is -0.370 e. The highest BCUT2D eigenvalue weighted by atomic mass is 32.1. The van der Waals surface area contributed by atoms with Gasteiger partial charge in [-0.1, -0.05) is 26.2 Å². The number of guanidine groups is 1. The molecule has 0 saturated carbocycles. The molecular formula is C13H22N4S. The fourth-order valence-electron chi connectivity index (χ4n) is 2.60. The largest absolute Gasteiger partial charge is 0.370 e. The smallest absolute Gasteiger partial charge is 0.192 e. The summed E-state index contributed by atoms with van der Waals surface area (Å²) in [7, 11) is 0. The number of hydrogen-bond donors (Lipinski definition) is 3. The molecule has 5 heteroatoms. The second kappa shape index (κ2) is 6.18. The van der Waals surface area contributed by atoms with E-state index in [1.165, 1.54) is 49.1 Å². The lowest BCUT2D eigenvalue weighted by Gasteiger charge is -2.20. The van der Waals surface area contributed by atoms with E-state index in [0.717, 1.165) is 11.6 Å². The van der Waals surface area contributed by atoms with Gasteiger partial charge in [0.2, 0.25) is 0 Å². The molecule has 4 N–H and O–H groups in total. The first-order valence-electron chi connectivity index (χ1n) is 6.81. The molecule has 0 bridgehead atoms. The maximum absolute atomic E-state index is 7.26. The van der Waals surface area contributed by atoms with Gasteiger partial charge in [0.05, 0.1) is 5.69 Å². The quantitative estimate of drug-likeness (QED) is 0.434. The van der Waals surface area contributed by atoms with E-state index in [4.69, 9.17) is 11.1 Å². The van der Waals surface area contributed by atoms with Gasteiger partial charge in [-0.2, -0.15) is 0 Å². The molecule has 0 aliphatic heterocycles. The lowest BCUT2D eigenvalue weighted by Crippen LogP contribution is -2.20. The van der Waals surface area contributed by atoms with Gasteiger partial charge < -0.3 is 11.1 Å². The van der Waals surface area contributed by atoms with Crippen LogP contribution in [0.2, 0.25) is 0 Å². The third-order valence-electron chi connectivity index (χ3n) is 3.47. The minimum atomic E-state index is -0.0244. The number of thiazole rings is 1. The van der Waals surface area contributed by atoms with Crippen LogP contribution in [-0.4, -0.2) is 10.9 Å². The average Bonchev–Trinajstić information content (AvgIpc) is 2.71. The number of nitrogens with two attached hydrogens (primary N) is 1. The Bertz CT molecular complexity index is 413. The van der Waals surface area contributed by atoms with E-state index < -0.39 is 0 Å². The summed E-state index contributed by atoms with van der Waals surface area (Å²) in [5.41, 5.74) is 6.62. The van der Waals surface area contributed by atoms with Crippen molar-refractivity contribution in [2.45, 2.75) is 57.8 Å². The Kier molecular flexibility index (Phi) is 4.58. The Labute approximate surface area is 113 Å². The maximum Gasteiger partial charge on any atom is 0.192 e. The molecule has 1 aliphatic carbocycles. The van der Waals surface area contributed by atoms with Gasteiger partial charge in [-0.15, -0.1) is 11.3 Å². The van der Waals surface area contributed by atoms with Crippen LogP contribution in [0.4, 0.5) is 5.13 Å². The molecule has 0 amide bonds. The summed E-state index contributed by atoms with van der Waals surface area (Å²) >= 11 is 1.66. The summed E-state index contributed by atoms with van der Waals surface area (Å²) < 4.78 is 0. The zero-order chi connectivity index (χ0) is 13.0. The van der Waals surface area contributed by atoms with Crippen molar-refractivity contribution in [3.8, 4) is 0 Å². The number of hydrogen-bond acceptors (Lipinski definition) is 3. The molecule has 0 fully saturated rings. The van der Waals surface area contributed by atoms with Crippen molar-refractivity contribution in [2.75, 3.05) is 5.32 Å². The zero-order valence-corrected chi connectivity index (χ0v) is 11.8. The van der Waals surface area contributed by atoms with E-state index in [0.29, 0.717) is 5.92 Å². The zero-order valence-electron chi connectivity index (χ0n) is 11.0. The number of fused-ring (bicyclic) bond motifs is 1. The molecule has 4 nitrogen and oxygen atoms in total. The summed E-state index contributed by atoms with van der Waals surface area (Å²) in [6.45, 7) is 2.24. The fraction of sp³-hybridized carbons (Fsp3) is 0.692. The average molecular weight is 266 g/mol. The molecule has 2 rings (SSSR count). The number of aryl methyl sites for hydroxylation is 1. The molecule has 0 spiro atoms. The van der Waals surface area contributed by atoms with Gasteiger partial charge in [-0.3, -0.25) is 5.41 Å². The molecule has 0 saturated heterocycles. The van der Waals surface area contributed by atoms with Crippen LogP contribution in [0.25, 0.3) is 0 Å². The summed E-state index contributed by atoms with van der Waals surface area (Å²) in [5.74, 6) is 0.600. The highest BCUT2D eigenvalue weighted by Crippen LogP contribution is 2.39. The van der Waals surface area contributed by atoms with Gasteiger partial charge >= 0.3 is 0 Å². The van der Waals surface area contributed by atoms with Gasteiger partial charge in [0.15, 0.2) is 11.1 Å². The Morgan fingerprint density at radius 3 is 3.11 bits per heavy atom. The van der Waals surface area contributed by atoms with Crippen LogP contribution in [0.3, 0.4) is 0 Å². The van der Waals surface area contributed by atoms with E-state index in [1.807, 2.05) is 0 Å². The molecule has 1 aromatic rings. The van der Waals surface area contributed by atoms with Gasteiger partial charge in [-0.05, 0) is 25.7 Å². The minimum absolute atomic E-state index is 0.0244. The number of nitrogens with one attached hydrogen (secondary N) is 2. The number of anilines is 1. The van der Waals surface area contributed by atoms with Crippen LogP contribution in [0.1, 0.15) is 61.9 Å². The summed E-state index contributed by atoms with van der Waals surface area (Å²) in [6.07, 6.45) is 8.81. The number of unbranched alkanes of at least 4 members (excludes halogenated alkanes) is 2. The van der Waals surface area contributed by atoms with E-state index in [1.54, 1.807) is 11.3 Å². The summed E-state index contributed by atoms with van der Waals surface area (Å²) in [4.78, 5) is 6.03. The van der Waals surface area contributed by atoms with Crippen LogP contribution in [0, 0.1) is 5.41 Å². The number of aromatic nitrogens is 1. The molecule has 1 unspecified atom stereocenters. The monoisotopic (exact) mass is 266 g/mol. The highest BCUT2D eigenvalue weighted by Gasteiger charge is 2.24. The second-order valence-electron chi connectivity index (χ2n) is 4.95. The van der Waals surface area contributed by atoms with E-state index in [-0.39, 0.29) is 5.96 Å². The number of nitrogens with zero attached hydrogens (tertiary/aromatic N) is 1. The fourth-order valence-corrected chi connectivity index (χ4v) is 3.70.